The van der Waals surface area contributed by atoms with Gasteiger partial charge in [0.2, 0.25) is 10.0 Å². The highest BCUT2D eigenvalue weighted by Gasteiger charge is 2.26. The molecule has 0 radical (unpaired) electrons. The van der Waals surface area contributed by atoms with Crippen molar-refractivity contribution < 1.29 is 17.9 Å². The first-order chi connectivity index (χ1) is 14.5. The lowest BCUT2D eigenvalue weighted by molar-refractivity contribution is 0.287. The highest BCUT2D eigenvalue weighted by Crippen LogP contribution is 2.32. The quantitative estimate of drug-likeness (QED) is 0.465. The number of hydrogen-bond donors (Lipinski definition) is 0. The predicted molar refractivity (Wildman–Crippen MR) is 118 cm³/mol. The van der Waals surface area contributed by atoms with Gasteiger partial charge >= 0.3 is 0 Å². The Balaban J connectivity index is 1.99. The SMILES string of the molecule is CCOc1ccc(S(=O)(=O)N(Cc2ccccc2)Cc2ccccc2)cc1OCC. The first-order valence-corrected chi connectivity index (χ1v) is 11.5. The standard InChI is InChI=1S/C24H27NO4S/c1-3-28-23-16-15-22(17-24(23)29-4-2)30(26,27)25(18-20-11-7-5-8-12-20)19-21-13-9-6-10-14-21/h5-17H,3-4,18-19H2,1-2H3. The highest BCUT2D eigenvalue weighted by molar-refractivity contribution is 7.89. The molecule has 0 aliphatic heterocycles. The maximum atomic E-state index is 13.6. The Morgan fingerprint density at radius 2 is 1.20 bits per heavy atom. The van der Waals surface area contributed by atoms with Crippen LogP contribution in [0.4, 0.5) is 0 Å². The second kappa shape index (κ2) is 10.3. The summed E-state index contributed by atoms with van der Waals surface area (Å²) in [5.74, 6) is 0.968. The normalized spacial score (nSPS) is 11.4. The summed E-state index contributed by atoms with van der Waals surface area (Å²) in [7, 11) is -3.77. The molecule has 0 amide bonds. The van der Waals surface area contributed by atoms with Crippen LogP contribution >= 0.6 is 0 Å². The van der Waals surface area contributed by atoms with Crippen molar-refractivity contribution in [1.82, 2.24) is 4.31 Å². The minimum atomic E-state index is -3.77. The van der Waals surface area contributed by atoms with Crippen LogP contribution in [0.2, 0.25) is 0 Å². The topological polar surface area (TPSA) is 55.8 Å². The van der Waals surface area contributed by atoms with Crippen LogP contribution < -0.4 is 9.47 Å². The van der Waals surface area contributed by atoms with Gasteiger partial charge in [-0.05, 0) is 37.1 Å². The van der Waals surface area contributed by atoms with Crippen LogP contribution in [0.25, 0.3) is 0 Å². The van der Waals surface area contributed by atoms with Gasteiger partial charge in [-0.25, -0.2) is 8.42 Å². The molecule has 0 atom stereocenters. The summed E-state index contributed by atoms with van der Waals surface area (Å²) in [5.41, 5.74) is 1.85. The van der Waals surface area contributed by atoms with Crippen molar-refractivity contribution >= 4 is 10.0 Å². The second-order valence-corrected chi connectivity index (χ2v) is 8.66. The van der Waals surface area contributed by atoms with Crippen LogP contribution in [-0.2, 0) is 23.1 Å². The van der Waals surface area contributed by atoms with Gasteiger partial charge in [0.25, 0.3) is 0 Å². The lowest BCUT2D eigenvalue weighted by Gasteiger charge is -2.23. The van der Waals surface area contributed by atoms with E-state index in [1.54, 1.807) is 18.2 Å². The van der Waals surface area contributed by atoms with Crippen LogP contribution in [0.3, 0.4) is 0 Å². The summed E-state index contributed by atoms with van der Waals surface area (Å²) in [5, 5.41) is 0. The molecule has 0 saturated heterocycles. The van der Waals surface area contributed by atoms with Gasteiger partial charge < -0.3 is 9.47 Å². The molecule has 6 heteroatoms. The number of benzene rings is 3. The molecular weight excluding hydrogens is 398 g/mol. The van der Waals surface area contributed by atoms with Gasteiger partial charge in [-0.1, -0.05) is 60.7 Å². The van der Waals surface area contributed by atoms with Crippen molar-refractivity contribution in [2.24, 2.45) is 0 Å². The van der Waals surface area contributed by atoms with Gasteiger partial charge in [-0.2, -0.15) is 4.31 Å². The van der Waals surface area contributed by atoms with Gasteiger partial charge in [0.15, 0.2) is 11.5 Å². The fraction of sp³-hybridized carbons (Fsp3) is 0.250. The largest absolute Gasteiger partial charge is 0.490 e. The van der Waals surface area contributed by atoms with E-state index in [4.69, 9.17) is 9.47 Å². The maximum absolute atomic E-state index is 13.6. The third-order valence-corrected chi connectivity index (χ3v) is 6.34. The maximum Gasteiger partial charge on any atom is 0.243 e. The molecule has 3 aromatic rings. The summed E-state index contributed by atoms with van der Waals surface area (Å²) >= 11 is 0. The molecule has 0 aliphatic rings. The Kier molecular flexibility index (Phi) is 7.49. The van der Waals surface area contributed by atoms with E-state index >= 15 is 0 Å². The van der Waals surface area contributed by atoms with E-state index in [2.05, 4.69) is 0 Å². The van der Waals surface area contributed by atoms with Crippen LogP contribution in [0.15, 0.2) is 83.8 Å². The minimum absolute atomic E-state index is 0.182. The fourth-order valence-corrected chi connectivity index (χ4v) is 4.57. The van der Waals surface area contributed by atoms with Gasteiger partial charge in [0.05, 0.1) is 18.1 Å². The molecule has 158 valence electrons. The monoisotopic (exact) mass is 425 g/mol. The predicted octanol–water partition coefficient (Wildman–Crippen LogP) is 4.88. The van der Waals surface area contributed by atoms with Crippen molar-refractivity contribution in [3.05, 3.63) is 90.0 Å². The molecule has 0 aromatic heterocycles. The summed E-state index contributed by atoms with van der Waals surface area (Å²) in [6.45, 7) is 5.17. The van der Waals surface area contributed by atoms with Crippen molar-refractivity contribution in [1.29, 1.82) is 0 Å². The van der Waals surface area contributed by atoms with E-state index in [9.17, 15) is 8.42 Å². The van der Waals surface area contributed by atoms with Crippen molar-refractivity contribution in [3.8, 4) is 11.5 Å². The Bertz CT molecular complexity index is 996. The summed E-state index contributed by atoms with van der Waals surface area (Å²) in [6.07, 6.45) is 0. The van der Waals surface area contributed by atoms with E-state index < -0.39 is 10.0 Å². The van der Waals surface area contributed by atoms with Gasteiger partial charge in [0, 0.05) is 19.2 Å². The van der Waals surface area contributed by atoms with Gasteiger partial charge in [-0.3, -0.25) is 0 Å². The zero-order chi connectivity index (χ0) is 21.4. The zero-order valence-electron chi connectivity index (χ0n) is 17.3. The van der Waals surface area contributed by atoms with Crippen LogP contribution in [0.1, 0.15) is 25.0 Å². The Morgan fingerprint density at radius 1 is 0.700 bits per heavy atom. The van der Waals surface area contributed by atoms with Crippen LogP contribution in [0.5, 0.6) is 11.5 Å². The van der Waals surface area contributed by atoms with Crippen molar-refractivity contribution in [2.45, 2.75) is 31.8 Å². The van der Waals surface area contributed by atoms with E-state index in [0.717, 1.165) is 11.1 Å². The smallest absolute Gasteiger partial charge is 0.243 e. The molecule has 0 fully saturated rings. The fourth-order valence-electron chi connectivity index (χ4n) is 3.14. The molecule has 0 aliphatic carbocycles. The van der Waals surface area contributed by atoms with Gasteiger partial charge in [0.1, 0.15) is 0 Å². The van der Waals surface area contributed by atoms with Crippen LogP contribution in [-0.4, -0.2) is 25.9 Å². The number of hydrogen-bond acceptors (Lipinski definition) is 4. The van der Waals surface area contributed by atoms with Gasteiger partial charge in [-0.15, -0.1) is 0 Å². The number of rotatable bonds is 10. The molecule has 3 rings (SSSR count). The average Bonchev–Trinajstić information content (AvgIpc) is 2.76. The number of ether oxygens (including phenoxy) is 2. The minimum Gasteiger partial charge on any atom is -0.490 e. The Hall–Kier alpha value is -2.83. The lowest BCUT2D eigenvalue weighted by Crippen LogP contribution is -2.30. The summed E-state index contributed by atoms with van der Waals surface area (Å²) in [4.78, 5) is 0.182. The first-order valence-electron chi connectivity index (χ1n) is 10.0. The van der Waals surface area contributed by atoms with Crippen molar-refractivity contribution in [2.75, 3.05) is 13.2 Å². The third kappa shape index (κ3) is 5.40. The molecule has 0 heterocycles. The summed E-state index contributed by atoms with van der Waals surface area (Å²) < 4.78 is 39.9. The Morgan fingerprint density at radius 3 is 1.70 bits per heavy atom. The first kappa shape index (κ1) is 21.9. The molecule has 0 saturated carbocycles. The van der Waals surface area contributed by atoms with Crippen molar-refractivity contribution in [3.63, 3.8) is 0 Å². The van der Waals surface area contributed by atoms with E-state index in [1.807, 2.05) is 74.5 Å². The molecule has 0 spiro atoms. The number of sulfonamides is 1. The zero-order valence-corrected chi connectivity index (χ0v) is 18.1. The average molecular weight is 426 g/mol. The molecule has 30 heavy (non-hydrogen) atoms. The van der Waals surface area contributed by atoms with E-state index in [0.29, 0.717) is 24.7 Å². The molecule has 3 aromatic carbocycles. The van der Waals surface area contributed by atoms with E-state index in [-0.39, 0.29) is 18.0 Å². The van der Waals surface area contributed by atoms with E-state index in [1.165, 1.54) is 4.31 Å². The van der Waals surface area contributed by atoms with Crippen LogP contribution in [0, 0.1) is 0 Å². The third-order valence-electron chi connectivity index (χ3n) is 4.56. The molecular formula is C24H27NO4S. The molecule has 0 unspecified atom stereocenters. The number of nitrogens with zero attached hydrogens (tertiary/aromatic N) is 1. The molecule has 0 N–H and O–H groups in total. The lowest BCUT2D eigenvalue weighted by atomic mass is 10.2. The Labute approximate surface area is 178 Å². The molecule has 0 bridgehead atoms. The molecule has 5 nitrogen and oxygen atoms in total. The highest BCUT2D eigenvalue weighted by atomic mass is 32.2. The summed E-state index contributed by atoms with van der Waals surface area (Å²) in [6, 6.07) is 24.0. The second-order valence-electron chi connectivity index (χ2n) is 6.72.